The van der Waals surface area contributed by atoms with Crippen LogP contribution in [0.5, 0.6) is 0 Å². The van der Waals surface area contributed by atoms with E-state index in [-0.39, 0.29) is 11.8 Å². The topological polar surface area (TPSA) is 44.0 Å². The highest BCUT2D eigenvalue weighted by molar-refractivity contribution is 4.88. The predicted octanol–water partition coefficient (Wildman–Crippen LogP) is 1.94. The van der Waals surface area contributed by atoms with Gasteiger partial charge in [0.15, 0.2) is 0 Å². The van der Waals surface area contributed by atoms with Crippen LogP contribution in [0.15, 0.2) is 0 Å². The molecule has 0 radical (unpaired) electrons. The van der Waals surface area contributed by atoms with Crippen LogP contribution in [-0.2, 0) is 0 Å². The summed E-state index contributed by atoms with van der Waals surface area (Å²) in [5.41, 5.74) is 0. The molecular weight excluding hydrogens is 138 g/mol. The van der Waals surface area contributed by atoms with Gasteiger partial charge in [0, 0.05) is 0 Å². The number of nitriles is 1. The summed E-state index contributed by atoms with van der Waals surface area (Å²) in [4.78, 5) is 0. The van der Waals surface area contributed by atoms with Crippen molar-refractivity contribution in [2.75, 3.05) is 0 Å². The van der Waals surface area contributed by atoms with Crippen molar-refractivity contribution in [3.8, 4) is 6.07 Å². The molecule has 0 saturated carbocycles. The van der Waals surface area contributed by atoms with Gasteiger partial charge in [-0.1, -0.05) is 27.2 Å². The van der Waals surface area contributed by atoms with E-state index >= 15 is 0 Å². The van der Waals surface area contributed by atoms with Crippen LogP contribution in [0.25, 0.3) is 0 Å². The quantitative estimate of drug-likeness (QED) is 0.674. The lowest BCUT2D eigenvalue weighted by atomic mass is 9.91. The van der Waals surface area contributed by atoms with Gasteiger partial charge in [-0.05, 0) is 12.3 Å². The predicted molar refractivity (Wildman–Crippen MR) is 44.9 cm³/mol. The second-order valence-corrected chi connectivity index (χ2v) is 3.26. The second kappa shape index (κ2) is 5.15. The maximum atomic E-state index is 9.49. The Hall–Kier alpha value is -0.550. The molecule has 11 heavy (non-hydrogen) atoms. The summed E-state index contributed by atoms with van der Waals surface area (Å²) in [6.45, 7) is 5.90. The Balaban J connectivity index is 3.94. The molecule has 0 aromatic rings. The Kier molecular flexibility index (Phi) is 4.89. The SMILES string of the molecule is CCCC(C#N)C(O)C(C)C. The molecule has 0 spiro atoms. The molecule has 0 rings (SSSR count). The van der Waals surface area contributed by atoms with Gasteiger partial charge in [-0.25, -0.2) is 0 Å². The molecule has 1 N–H and O–H groups in total. The van der Waals surface area contributed by atoms with Gasteiger partial charge < -0.3 is 5.11 Å². The minimum Gasteiger partial charge on any atom is -0.391 e. The molecule has 0 aliphatic rings. The second-order valence-electron chi connectivity index (χ2n) is 3.26. The third-order valence-corrected chi connectivity index (χ3v) is 1.86. The third-order valence-electron chi connectivity index (χ3n) is 1.86. The lowest BCUT2D eigenvalue weighted by Crippen LogP contribution is -2.24. The number of hydrogen-bond acceptors (Lipinski definition) is 2. The molecule has 64 valence electrons. The van der Waals surface area contributed by atoms with E-state index in [1.54, 1.807) is 0 Å². The molecular formula is C9H17NO. The van der Waals surface area contributed by atoms with Crippen molar-refractivity contribution in [2.24, 2.45) is 11.8 Å². The van der Waals surface area contributed by atoms with Crippen molar-refractivity contribution in [1.29, 1.82) is 5.26 Å². The van der Waals surface area contributed by atoms with Gasteiger partial charge in [-0.2, -0.15) is 5.26 Å². The third kappa shape index (κ3) is 3.38. The highest BCUT2D eigenvalue weighted by Crippen LogP contribution is 2.16. The number of nitrogens with zero attached hydrogens (tertiary/aromatic N) is 1. The monoisotopic (exact) mass is 155 g/mol. The average Bonchev–Trinajstić information content (AvgIpc) is 1.98. The first-order valence-corrected chi connectivity index (χ1v) is 4.21. The fourth-order valence-corrected chi connectivity index (χ4v) is 1.09. The van der Waals surface area contributed by atoms with Gasteiger partial charge in [-0.15, -0.1) is 0 Å². The van der Waals surface area contributed by atoms with E-state index in [0.717, 1.165) is 12.8 Å². The summed E-state index contributed by atoms with van der Waals surface area (Å²) in [6, 6.07) is 2.13. The number of rotatable bonds is 4. The fourth-order valence-electron chi connectivity index (χ4n) is 1.09. The molecule has 0 aromatic carbocycles. The minimum absolute atomic E-state index is 0.181. The lowest BCUT2D eigenvalue weighted by Gasteiger charge is -2.18. The van der Waals surface area contributed by atoms with Crippen molar-refractivity contribution in [3.63, 3.8) is 0 Å². The van der Waals surface area contributed by atoms with Gasteiger partial charge >= 0.3 is 0 Å². The molecule has 0 saturated heterocycles. The number of aliphatic hydroxyl groups is 1. The highest BCUT2D eigenvalue weighted by atomic mass is 16.3. The Morgan fingerprint density at radius 3 is 2.27 bits per heavy atom. The molecule has 2 heteroatoms. The van der Waals surface area contributed by atoms with Gasteiger partial charge in [0.2, 0.25) is 0 Å². The van der Waals surface area contributed by atoms with Crippen LogP contribution in [0.4, 0.5) is 0 Å². The fraction of sp³-hybridized carbons (Fsp3) is 0.889. The largest absolute Gasteiger partial charge is 0.391 e. The smallest absolute Gasteiger partial charge is 0.0725 e. The zero-order chi connectivity index (χ0) is 8.85. The van der Waals surface area contributed by atoms with Crippen molar-refractivity contribution < 1.29 is 5.11 Å². The van der Waals surface area contributed by atoms with Crippen molar-refractivity contribution in [3.05, 3.63) is 0 Å². The zero-order valence-electron chi connectivity index (χ0n) is 7.54. The van der Waals surface area contributed by atoms with Gasteiger partial charge in [-0.3, -0.25) is 0 Å². The van der Waals surface area contributed by atoms with Crippen molar-refractivity contribution in [1.82, 2.24) is 0 Å². The first-order chi connectivity index (χ1) is 5.13. The van der Waals surface area contributed by atoms with Crippen molar-refractivity contribution >= 4 is 0 Å². The van der Waals surface area contributed by atoms with Crippen LogP contribution in [-0.4, -0.2) is 11.2 Å². The average molecular weight is 155 g/mol. The van der Waals surface area contributed by atoms with Crippen LogP contribution in [0.3, 0.4) is 0 Å². The van der Waals surface area contributed by atoms with Gasteiger partial charge in [0.05, 0.1) is 18.1 Å². The summed E-state index contributed by atoms with van der Waals surface area (Å²) in [7, 11) is 0. The van der Waals surface area contributed by atoms with Gasteiger partial charge in [0.25, 0.3) is 0 Å². The molecule has 2 nitrogen and oxygen atoms in total. The summed E-state index contributed by atoms with van der Waals surface area (Å²) < 4.78 is 0. The number of aliphatic hydroxyl groups excluding tert-OH is 1. The van der Waals surface area contributed by atoms with Crippen molar-refractivity contribution in [2.45, 2.75) is 39.7 Å². The molecule has 0 aliphatic carbocycles. The lowest BCUT2D eigenvalue weighted by molar-refractivity contribution is 0.0832. The Bertz CT molecular complexity index is 137. The van der Waals surface area contributed by atoms with E-state index < -0.39 is 6.10 Å². The maximum Gasteiger partial charge on any atom is 0.0725 e. The maximum absolute atomic E-state index is 9.49. The van der Waals surface area contributed by atoms with E-state index in [9.17, 15) is 5.11 Å². The molecule has 0 heterocycles. The highest BCUT2D eigenvalue weighted by Gasteiger charge is 2.20. The van der Waals surface area contributed by atoms with E-state index in [4.69, 9.17) is 5.26 Å². The first-order valence-electron chi connectivity index (χ1n) is 4.21. The molecule has 0 amide bonds. The Labute approximate surface area is 68.8 Å². The van der Waals surface area contributed by atoms with Gasteiger partial charge in [0.1, 0.15) is 0 Å². The summed E-state index contributed by atoms with van der Waals surface area (Å²) >= 11 is 0. The number of hydrogen-bond donors (Lipinski definition) is 1. The zero-order valence-corrected chi connectivity index (χ0v) is 7.54. The standard InChI is InChI=1S/C9H17NO/c1-4-5-8(6-10)9(11)7(2)3/h7-9,11H,4-5H2,1-3H3. The van der Waals surface area contributed by atoms with Crippen LogP contribution >= 0.6 is 0 Å². The Morgan fingerprint density at radius 1 is 1.45 bits per heavy atom. The van der Waals surface area contributed by atoms with Crippen LogP contribution in [0.2, 0.25) is 0 Å². The normalized spacial score (nSPS) is 16.0. The van der Waals surface area contributed by atoms with E-state index in [1.165, 1.54) is 0 Å². The van der Waals surface area contributed by atoms with E-state index in [0.29, 0.717) is 0 Å². The molecule has 0 aliphatic heterocycles. The molecule has 0 bridgehead atoms. The first kappa shape index (κ1) is 10.4. The van der Waals surface area contributed by atoms with Crippen LogP contribution < -0.4 is 0 Å². The molecule has 2 unspecified atom stereocenters. The Morgan fingerprint density at radius 2 is 2.00 bits per heavy atom. The van der Waals surface area contributed by atoms with E-state index in [2.05, 4.69) is 6.07 Å². The minimum atomic E-state index is -0.458. The molecule has 0 fully saturated rings. The summed E-state index contributed by atoms with van der Waals surface area (Å²) in [6.07, 6.45) is 1.30. The molecule has 0 aromatic heterocycles. The molecule has 2 atom stereocenters. The summed E-state index contributed by atoms with van der Waals surface area (Å²) in [5.74, 6) is 0.00574. The van der Waals surface area contributed by atoms with Crippen LogP contribution in [0, 0.1) is 23.2 Å². The summed E-state index contributed by atoms with van der Waals surface area (Å²) in [5, 5.41) is 18.2. The van der Waals surface area contributed by atoms with Crippen LogP contribution in [0.1, 0.15) is 33.6 Å². The van der Waals surface area contributed by atoms with E-state index in [1.807, 2.05) is 20.8 Å².